The third-order valence-electron chi connectivity index (χ3n) is 6.21. The number of carbonyl (C=O) groups excluding carboxylic acids is 2. The zero-order valence-electron chi connectivity index (χ0n) is 21.6. The highest BCUT2D eigenvalue weighted by atomic mass is 16.8. The first-order chi connectivity index (χ1) is 16.1. The van der Waals surface area contributed by atoms with Crippen molar-refractivity contribution in [3.63, 3.8) is 0 Å². The Bertz CT molecular complexity index is 800. The van der Waals surface area contributed by atoms with E-state index in [-0.39, 0.29) is 23.9 Å². The van der Waals surface area contributed by atoms with Crippen molar-refractivity contribution in [2.45, 2.75) is 91.7 Å². The standard InChI is InChI=1S/C27H42N2O5/c1-19(2)18-32-21(5)34-29-25(30)16-15-22-11-13-23(14-12-22)17-28-27(6,20(3)4)26(31)33-24-9-7-8-10-24/h11-16,19-21,24,28H,7-10,17-18H2,1-6H3,(H,29,30)/t21?,27-/m1/s1. The van der Waals surface area contributed by atoms with Crippen LogP contribution >= 0.6 is 0 Å². The lowest BCUT2D eigenvalue weighted by Gasteiger charge is -2.33. The Morgan fingerprint density at radius 1 is 1.09 bits per heavy atom. The van der Waals surface area contributed by atoms with E-state index in [0.29, 0.717) is 19.1 Å². The molecule has 0 aliphatic heterocycles. The molecule has 1 aliphatic carbocycles. The fraction of sp³-hybridized carbons (Fsp3) is 0.630. The lowest BCUT2D eigenvalue weighted by molar-refractivity contribution is -0.180. The lowest BCUT2D eigenvalue weighted by Crippen LogP contribution is -2.54. The molecule has 1 aromatic carbocycles. The predicted octanol–water partition coefficient (Wildman–Crippen LogP) is 4.76. The molecule has 0 aromatic heterocycles. The molecule has 1 aromatic rings. The van der Waals surface area contributed by atoms with E-state index in [4.69, 9.17) is 14.3 Å². The summed E-state index contributed by atoms with van der Waals surface area (Å²) in [5.74, 6) is -0.0576. The molecule has 1 unspecified atom stereocenters. The van der Waals surface area contributed by atoms with Gasteiger partial charge in [0.05, 0.1) is 6.61 Å². The molecule has 7 nitrogen and oxygen atoms in total. The van der Waals surface area contributed by atoms with Gasteiger partial charge in [0.25, 0.3) is 5.91 Å². The first-order valence-electron chi connectivity index (χ1n) is 12.4. The van der Waals surface area contributed by atoms with Gasteiger partial charge in [-0.2, -0.15) is 0 Å². The average molecular weight is 475 g/mol. The van der Waals surface area contributed by atoms with Crippen molar-refractivity contribution in [2.75, 3.05) is 6.61 Å². The van der Waals surface area contributed by atoms with Crippen LogP contribution in [0.3, 0.4) is 0 Å². The Kier molecular flexibility index (Phi) is 11.2. The van der Waals surface area contributed by atoms with Crippen LogP contribution in [0.1, 0.15) is 78.4 Å². The highest BCUT2D eigenvalue weighted by Gasteiger charge is 2.39. The molecule has 34 heavy (non-hydrogen) atoms. The second-order valence-corrected chi connectivity index (χ2v) is 9.98. The van der Waals surface area contributed by atoms with E-state index in [9.17, 15) is 9.59 Å². The first kappa shape index (κ1) is 28.0. The molecule has 2 N–H and O–H groups in total. The molecule has 1 fully saturated rings. The number of hydrogen-bond donors (Lipinski definition) is 2. The van der Waals surface area contributed by atoms with Crippen LogP contribution in [0.2, 0.25) is 0 Å². The average Bonchev–Trinajstić information content (AvgIpc) is 3.31. The molecule has 1 amide bonds. The number of carbonyl (C=O) groups is 2. The number of hydroxylamine groups is 1. The van der Waals surface area contributed by atoms with Gasteiger partial charge in [0.15, 0.2) is 6.29 Å². The van der Waals surface area contributed by atoms with Crippen LogP contribution in [0.4, 0.5) is 0 Å². The van der Waals surface area contributed by atoms with Crippen LogP contribution in [0, 0.1) is 11.8 Å². The normalized spacial score (nSPS) is 17.3. The Labute approximate surface area is 204 Å². The number of nitrogens with one attached hydrogen (secondary N) is 2. The summed E-state index contributed by atoms with van der Waals surface area (Å²) in [4.78, 5) is 30.0. The van der Waals surface area contributed by atoms with Crippen molar-refractivity contribution in [3.05, 3.63) is 41.5 Å². The molecule has 2 atom stereocenters. The maximum Gasteiger partial charge on any atom is 0.326 e. The SMILES string of the molecule is CC(C)COC(C)ONC(=O)C=Cc1ccc(CN[C@@](C)(C(=O)OC2CCCC2)C(C)C)cc1. The summed E-state index contributed by atoms with van der Waals surface area (Å²) in [6.45, 7) is 12.9. The van der Waals surface area contributed by atoms with Crippen LogP contribution in [-0.2, 0) is 30.4 Å². The zero-order valence-corrected chi connectivity index (χ0v) is 21.6. The largest absolute Gasteiger partial charge is 0.461 e. The minimum atomic E-state index is -0.755. The first-order valence-corrected chi connectivity index (χ1v) is 12.4. The molecular formula is C27H42N2O5. The van der Waals surface area contributed by atoms with E-state index in [0.717, 1.165) is 36.8 Å². The third-order valence-corrected chi connectivity index (χ3v) is 6.21. The molecule has 1 aliphatic rings. The summed E-state index contributed by atoms with van der Waals surface area (Å²) in [6, 6.07) is 7.82. The second-order valence-electron chi connectivity index (χ2n) is 9.98. The maximum atomic E-state index is 12.9. The fourth-order valence-electron chi connectivity index (χ4n) is 3.53. The van der Waals surface area contributed by atoms with E-state index in [1.807, 2.05) is 58.9 Å². The quantitative estimate of drug-likeness (QED) is 0.186. The van der Waals surface area contributed by atoms with Crippen molar-refractivity contribution in [1.29, 1.82) is 0 Å². The van der Waals surface area contributed by atoms with Crippen LogP contribution < -0.4 is 10.8 Å². The van der Waals surface area contributed by atoms with Gasteiger partial charge in [-0.1, -0.05) is 52.0 Å². The van der Waals surface area contributed by atoms with Gasteiger partial charge in [-0.3, -0.25) is 14.9 Å². The van der Waals surface area contributed by atoms with Gasteiger partial charge < -0.3 is 9.47 Å². The Balaban J connectivity index is 1.83. The van der Waals surface area contributed by atoms with Crippen molar-refractivity contribution < 1.29 is 23.9 Å². The monoisotopic (exact) mass is 474 g/mol. The fourth-order valence-corrected chi connectivity index (χ4v) is 3.53. The predicted molar refractivity (Wildman–Crippen MR) is 133 cm³/mol. The summed E-state index contributed by atoms with van der Waals surface area (Å²) in [5.41, 5.74) is 3.54. The van der Waals surface area contributed by atoms with Gasteiger partial charge >= 0.3 is 5.97 Å². The number of ether oxygens (including phenoxy) is 2. The van der Waals surface area contributed by atoms with Gasteiger partial charge in [0.2, 0.25) is 0 Å². The van der Waals surface area contributed by atoms with Crippen LogP contribution in [0.15, 0.2) is 30.3 Å². The van der Waals surface area contributed by atoms with Crippen molar-refractivity contribution in [3.8, 4) is 0 Å². The van der Waals surface area contributed by atoms with Crippen molar-refractivity contribution >= 4 is 18.0 Å². The Morgan fingerprint density at radius 3 is 2.32 bits per heavy atom. The van der Waals surface area contributed by atoms with Gasteiger partial charge in [0.1, 0.15) is 11.6 Å². The van der Waals surface area contributed by atoms with Gasteiger partial charge in [-0.05, 0) is 68.6 Å². The zero-order chi connectivity index (χ0) is 25.1. The molecule has 1 saturated carbocycles. The molecule has 0 bridgehead atoms. The number of rotatable bonds is 13. The third kappa shape index (κ3) is 9.20. The van der Waals surface area contributed by atoms with Crippen LogP contribution in [0.25, 0.3) is 6.08 Å². The Hall–Kier alpha value is -2.22. The summed E-state index contributed by atoms with van der Waals surface area (Å²) >= 11 is 0. The summed E-state index contributed by atoms with van der Waals surface area (Å²) in [7, 11) is 0. The van der Waals surface area contributed by atoms with Gasteiger partial charge in [0, 0.05) is 12.6 Å². The van der Waals surface area contributed by atoms with E-state index >= 15 is 0 Å². The van der Waals surface area contributed by atoms with Crippen molar-refractivity contribution in [2.24, 2.45) is 11.8 Å². The topological polar surface area (TPSA) is 85.9 Å². The van der Waals surface area contributed by atoms with Crippen LogP contribution in [-0.4, -0.2) is 36.4 Å². The van der Waals surface area contributed by atoms with E-state index in [1.54, 1.807) is 13.0 Å². The molecule has 7 heteroatoms. The molecule has 0 radical (unpaired) electrons. The molecule has 2 rings (SSSR count). The minimum absolute atomic E-state index is 0.0526. The molecule has 0 heterocycles. The lowest BCUT2D eigenvalue weighted by atomic mass is 9.88. The summed E-state index contributed by atoms with van der Waals surface area (Å²) in [5, 5.41) is 3.41. The smallest absolute Gasteiger partial charge is 0.326 e. The van der Waals surface area contributed by atoms with Gasteiger partial charge in [-0.15, -0.1) is 0 Å². The number of esters is 1. The highest BCUT2D eigenvalue weighted by Crippen LogP contribution is 2.26. The summed E-state index contributed by atoms with van der Waals surface area (Å²) in [6.07, 6.45) is 6.85. The van der Waals surface area contributed by atoms with Gasteiger partial charge in [-0.25, -0.2) is 10.3 Å². The summed E-state index contributed by atoms with van der Waals surface area (Å²) < 4.78 is 11.2. The minimum Gasteiger partial charge on any atom is -0.461 e. The molecule has 0 saturated heterocycles. The van der Waals surface area contributed by atoms with E-state index in [1.165, 1.54) is 6.08 Å². The van der Waals surface area contributed by atoms with E-state index in [2.05, 4.69) is 10.8 Å². The highest BCUT2D eigenvalue weighted by molar-refractivity contribution is 5.90. The van der Waals surface area contributed by atoms with E-state index < -0.39 is 11.8 Å². The second kappa shape index (κ2) is 13.6. The molecule has 0 spiro atoms. The maximum absolute atomic E-state index is 12.9. The Morgan fingerprint density at radius 2 is 1.74 bits per heavy atom. The number of amides is 1. The van der Waals surface area contributed by atoms with Crippen LogP contribution in [0.5, 0.6) is 0 Å². The molecular weight excluding hydrogens is 432 g/mol. The van der Waals surface area contributed by atoms with Crippen molar-refractivity contribution in [1.82, 2.24) is 10.8 Å². The molecule has 190 valence electrons. The number of benzene rings is 1. The number of hydrogen-bond acceptors (Lipinski definition) is 6.